The van der Waals surface area contributed by atoms with Crippen molar-refractivity contribution < 1.29 is 28.8 Å². The van der Waals surface area contributed by atoms with Gasteiger partial charge in [0.2, 0.25) is 5.90 Å². The first kappa shape index (κ1) is 35.5. The van der Waals surface area contributed by atoms with Gasteiger partial charge >= 0.3 is 0 Å². The molecule has 0 aliphatic carbocycles. The minimum absolute atomic E-state index is 0.0458. The van der Waals surface area contributed by atoms with Gasteiger partial charge in [0.15, 0.2) is 23.1 Å². The third-order valence-electron chi connectivity index (χ3n) is 7.88. The zero-order chi connectivity index (χ0) is 34.1. The Morgan fingerprint density at radius 3 is 2.48 bits per heavy atom. The zero-order valence-corrected chi connectivity index (χ0v) is 29.6. The Morgan fingerprint density at radius 1 is 1.00 bits per heavy atom. The maximum absolute atomic E-state index is 14.5. The molecule has 1 aliphatic rings. The molecule has 5 rings (SSSR count). The number of rotatable bonds is 15. The van der Waals surface area contributed by atoms with Crippen LogP contribution in [0.2, 0.25) is 10.0 Å². The van der Waals surface area contributed by atoms with Crippen LogP contribution >= 0.6 is 39.1 Å². The lowest BCUT2D eigenvalue weighted by atomic mass is 9.82. The monoisotopic (exact) mass is 755 g/mol. The normalized spacial score (nSPS) is 17.0. The lowest BCUT2D eigenvalue weighted by molar-refractivity contribution is -0.130. The van der Waals surface area contributed by atoms with Crippen molar-refractivity contribution >= 4 is 50.9 Å². The van der Waals surface area contributed by atoms with Crippen LogP contribution in [0, 0.1) is 0 Å². The second-order valence-electron chi connectivity index (χ2n) is 11.0. The number of carbonyl (C=O) groups excluding carboxylic acids is 1. The molecule has 2 atom stereocenters. The average molecular weight is 758 g/mol. The largest absolute Gasteiger partial charge is 0.494 e. The summed E-state index contributed by atoms with van der Waals surface area (Å²) in [5, 5.41) is 9.89. The second kappa shape index (κ2) is 16.5. The number of halogens is 3. The molecule has 0 unspecified atom stereocenters. The van der Waals surface area contributed by atoms with Crippen molar-refractivity contribution in [2.75, 3.05) is 34.0 Å². The summed E-state index contributed by atoms with van der Waals surface area (Å²) in [5.74, 6) is 1.78. The number of aliphatic hydroxyl groups is 1. The molecular formula is C36H36BrCl2N3O6. The first-order valence-electron chi connectivity index (χ1n) is 15.3. The maximum Gasteiger partial charge on any atom is 0.266 e. The number of methoxy groups -OCH3 is 2. The van der Waals surface area contributed by atoms with Crippen LogP contribution in [0.3, 0.4) is 0 Å². The van der Waals surface area contributed by atoms with Crippen LogP contribution in [0.4, 0.5) is 0 Å². The first-order valence-corrected chi connectivity index (χ1v) is 16.9. The molecule has 12 heteroatoms. The van der Waals surface area contributed by atoms with E-state index in [0.717, 1.165) is 15.6 Å². The number of benzene rings is 4. The summed E-state index contributed by atoms with van der Waals surface area (Å²) < 4.78 is 23.9. The molecule has 9 nitrogen and oxygen atoms in total. The van der Waals surface area contributed by atoms with Crippen molar-refractivity contribution in [2.24, 2.45) is 4.99 Å². The Hall–Kier alpha value is -3.80. The maximum atomic E-state index is 14.5. The molecular weight excluding hydrogens is 721 g/mol. The molecule has 1 heterocycles. The highest BCUT2D eigenvalue weighted by Crippen LogP contribution is 2.45. The van der Waals surface area contributed by atoms with Crippen molar-refractivity contribution in [1.29, 1.82) is 0 Å². The van der Waals surface area contributed by atoms with Gasteiger partial charge in [-0.3, -0.25) is 10.2 Å². The number of hydrazine groups is 1. The van der Waals surface area contributed by atoms with Crippen LogP contribution in [0.25, 0.3) is 0 Å². The number of nitrogens with zero attached hydrogens (tertiary/aromatic N) is 1. The number of hydrogen-bond donors (Lipinski definition) is 3. The van der Waals surface area contributed by atoms with E-state index in [4.69, 9.17) is 52.2 Å². The topological polar surface area (TPSA) is 111 Å². The van der Waals surface area contributed by atoms with Gasteiger partial charge in [0.05, 0.1) is 20.8 Å². The van der Waals surface area contributed by atoms with Gasteiger partial charge in [0, 0.05) is 51.6 Å². The van der Waals surface area contributed by atoms with Gasteiger partial charge in [-0.15, -0.1) is 0 Å². The molecule has 0 bridgehead atoms. The number of nitrogens with one attached hydrogen (secondary N) is 2. The molecule has 0 saturated carbocycles. The molecule has 1 aliphatic heterocycles. The minimum atomic E-state index is -1.48. The zero-order valence-electron chi connectivity index (χ0n) is 26.5. The SMILES string of the molecule is COc1ccc(CCNNC(=O)[C@@]2(Cc3ccccc3Br)N=C(c3ccc(OCCCO)cc3)O[C@H]2c2ccc(Cl)cc2Cl)cc1OC. The highest BCUT2D eigenvalue weighted by molar-refractivity contribution is 9.10. The van der Waals surface area contributed by atoms with Gasteiger partial charge in [-0.1, -0.05) is 69.5 Å². The van der Waals surface area contributed by atoms with E-state index in [9.17, 15) is 4.79 Å². The Balaban J connectivity index is 1.48. The van der Waals surface area contributed by atoms with E-state index in [1.54, 1.807) is 44.6 Å². The van der Waals surface area contributed by atoms with Gasteiger partial charge in [-0.25, -0.2) is 10.4 Å². The van der Waals surface area contributed by atoms with Gasteiger partial charge < -0.3 is 24.1 Å². The smallest absolute Gasteiger partial charge is 0.266 e. The summed E-state index contributed by atoms with van der Waals surface area (Å²) in [4.78, 5) is 19.6. The van der Waals surface area contributed by atoms with E-state index < -0.39 is 17.6 Å². The van der Waals surface area contributed by atoms with Gasteiger partial charge in [-0.05, 0) is 72.1 Å². The molecule has 48 heavy (non-hydrogen) atoms. The quantitative estimate of drug-likeness (QED) is 0.0895. The predicted octanol–water partition coefficient (Wildman–Crippen LogP) is 6.90. The molecule has 252 valence electrons. The molecule has 4 aromatic rings. The van der Waals surface area contributed by atoms with Crippen LogP contribution in [0.1, 0.15) is 34.8 Å². The number of hydrogen-bond acceptors (Lipinski definition) is 8. The lowest BCUT2D eigenvalue weighted by Gasteiger charge is -2.31. The van der Waals surface area contributed by atoms with E-state index >= 15 is 0 Å². The van der Waals surface area contributed by atoms with Crippen molar-refractivity contribution in [3.05, 3.63) is 122 Å². The van der Waals surface area contributed by atoms with Gasteiger partial charge in [-0.2, -0.15) is 0 Å². The van der Waals surface area contributed by atoms with Crippen molar-refractivity contribution in [3.63, 3.8) is 0 Å². The lowest BCUT2D eigenvalue weighted by Crippen LogP contribution is -2.54. The number of aliphatic imine (C=N–C) groups is 1. The number of ether oxygens (including phenoxy) is 4. The summed E-state index contributed by atoms with van der Waals surface area (Å²) in [6.07, 6.45) is 0.406. The summed E-state index contributed by atoms with van der Waals surface area (Å²) in [6.45, 7) is 0.858. The summed E-state index contributed by atoms with van der Waals surface area (Å²) in [7, 11) is 3.18. The van der Waals surface area contributed by atoms with Crippen molar-refractivity contribution in [3.8, 4) is 17.2 Å². The van der Waals surface area contributed by atoms with E-state index in [1.165, 1.54) is 0 Å². The van der Waals surface area contributed by atoms with Crippen molar-refractivity contribution in [2.45, 2.75) is 30.9 Å². The number of aliphatic hydroxyl groups excluding tert-OH is 1. The van der Waals surface area contributed by atoms with Gasteiger partial charge in [0.1, 0.15) is 5.75 Å². The number of amides is 1. The second-order valence-corrected chi connectivity index (χ2v) is 12.7. The van der Waals surface area contributed by atoms with Crippen LogP contribution in [0.15, 0.2) is 94.4 Å². The van der Waals surface area contributed by atoms with E-state index in [1.807, 2.05) is 54.6 Å². The molecule has 0 spiro atoms. The van der Waals surface area contributed by atoms with E-state index in [-0.39, 0.29) is 18.9 Å². The van der Waals surface area contributed by atoms with E-state index in [0.29, 0.717) is 64.4 Å². The van der Waals surface area contributed by atoms with Crippen LogP contribution in [0.5, 0.6) is 17.2 Å². The fourth-order valence-electron chi connectivity index (χ4n) is 5.40. The molecule has 0 fully saturated rings. The molecule has 3 N–H and O–H groups in total. The molecule has 4 aromatic carbocycles. The molecule has 1 amide bonds. The van der Waals surface area contributed by atoms with Crippen LogP contribution in [-0.4, -0.2) is 56.4 Å². The Labute approximate surface area is 298 Å². The molecule has 0 saturated heterocycles. The molecule has 0 aromatic heterocycles. The molecule has 0 radical (unpaired) electrons. The Bertz CT molecular complexity index is 1760. The highest BCUT2D eigenvalue weighted by atomic mass is 79.9. The first-order chi connectivity index (χ1) is 23.3. The summed E-state index contributed by atoms with van der Waals surface area (Å²) >= 11 is 16.7. The standard InChI is InChI=1S/C36H36BrCl2N3O6/c1-45-31-15-8-23(20-32(31)46-2)16-17-40-42-35(44)36(22-25-6-3-4-7-29(25)37)33(28-14-11-26(38)21-30(28)39)48-34(41-36)24-9-12-27(13-10-24)47-19-5-18-43/h3-4,6-15,20-21,33,40,43H,5,16-19,22H2,1-2H3,(H,42,44)/t33-,36-/m0/s1. The number of carbonyl (C=O) groups is 1. The predicted molar refractivity (Wildman–Crippen MR) is 190 cm³/mol. The fraction of sp³-hybridized carbons (Fsp3) is 0.278. The third kappa shape index (κ3) is 8.25. The summed E-state index contributed by atoms with van der Waals surface area (Å²) in [6, 6.07) is 25.7. The fourth-order valence-corrected chi connectivity index (χ4v) is 6.33. The van der Waals surface area contributed by atoms with Crippen LogP contribution in [-0.2, 0) is 22.4 Å². The summed E-state index contributed by atoms with van der Waals surface area (Å²) in [5.41, 5.74) is 7.59. The Morgan fingerprint density at radius 2 is 1.77 bits per heavy atom. The Kier molecular flexibility index (Phi) is 12.2. The van der Waals surface area contributed by atoms with E-state index in [2.05, 4.69) is 26.8 Å². The highest BCUT2D eigenvalue weighted by Gasteiger charge is 2.54. The van der Waals surface area contributed by atoms with Crippen LogP contribution < -0.4 is 25.1 Å². The minimum Gasteiger partial charge on any atom is -0.494 e. The van der Waals surface area contributed by atoms with Crippen molar-refractivity contribution in [1.82, 2.24) is 10.9 Å². The van der Waals surface area contributed by atoms with Gasteiger partial charge in [0.25, 0.3) is 5.91 Å². The third-order valence-corrected chi connectivity index (χ3v) is 9.22. The average Bonchev–Trinajstić information content (AvgIpc) is 3.48.